The molecule has 6 nitrogen and oxygen atoms in total. The van der Waals surface area contributed by atoms with Crippen LogP contribution in [-0.4, -0.2) is 28.3 Å². The van der Waals surface area contributed by atoms with Crippen molar-refractivity contribution in [1.29, 1.82) is 0 Å². The third-order valence-corrected chi connectivity index (χ3v) is 5.12. The number of hydrogen-bond donors (Lipinski definition) is 1. The number of para-hydroxylation sites is 1. The molecule has 28 heavy (non-hydrogen) atoms. The predicted octanol–water partition coefficient (Wildman–Crippen LogP) is 3.98. The maximum absolute atomic E-state index is 12.7. The third-order valence-electron chi connectivity index (χ3n) is 3.91. The highest BCUT2D eigenvalue weighted by atomic mass is 35.5. The second kappa shape index (κ2) is 8.95. The number of benzene rings is 2. The van der Waals surface area contributed by atoms with Gasteiger partial charge in [-0.15, -0.1) is 6.58 Å². The van der Waals surface area contributed by atoms with Gasteiger partial charge in [-0.25, -0.2) is 4.98 Å². The van der Waals surface area contributed by atoms with Crippen LogP contribution in [0, 0.1) is 0 Å². The van der Waals surface area contributed by atoms with Gasteiger partial charge in [0.05, 0.1) is 29.5 Å². The van der Waals surface area contributed by atoms with Crippen LogP contribution in [0.2, 0.25) is 5.02 Å². The van der Waals surface area contributed by atoms with Crippen LogP contribution in [0.1, 0.15) is 0 Å². The molecule has 3 rings (SSSR count). The van der Waals surface area contributed by atoms with E-state index in [1.165, 1.54) is 23.4 Å². The van der Waals surface area contributed by atoms with E-state index in [4.69, 9.17) is 16.3 Å². The van der Waals surface area contributed by atoms with Gasteiger partial charge in [-0.05, 0) is 30.3 Å². The molecule has 0 spiro atoms. The lowest BCUT2D eigenvalue weighted by Crippen LogP contribution is -2.23. The van der Waals surface area contributed by atoms with E-state index in [2.05, 4.69) is 16.9 Å². The third kappa shape index (κ3) is 4.37. The van der Waals surface area contributed by atoms with Gasteiger partial charge >= 0.3 is 0 Å². The quantitative estimate of drug-likeness (QED) is 0.359. The number of rotatable bonds is 7. The number of hydrogen-bond acceptors (Lipinski definition) is 5. The monoisotopic (exact) mass is 415 g/mol. The first-order valence-electron chi connectivity index (χ1n) is 8.40. The number of halogens is 1. The van der Waals surface area contributed by atoms with Gasteiger partial charge in [0.1, 0.15) is 5.75 Å². The average molecular weight is 416 g/mol. The number of aromatic nitrogens is 2. The van der Waals surface area contributed by atoms with Gasteiger partial charge in [0.25, 0.3) is 5.56 Å². The molecule has 0 saturated heterocycles. The molecule has 8 heteroatoms. The van der Waals surface area contributed by atoms with Crippen molar-refractivity contribution in [2.45, 2.75) is 11.7 Å². The molecular weight excluding hydrogens is 398 g/mol. The summed E-state index contributed by atoms with van der Waals surface area (Å²) < 4.78 is 6.74. The van der Waals surface area contributed by atoms with Crippen molar-refractivity contribution in [3.63, 3.8) is 0 Å². The highest BCUT2D eigenvalue weighted by Gasteiger charge is 2.14. The highest BCUT2D eigenvalue weighted by Crippen LogP contribution is 2.28. The minimum atomic E-state index is -0.266. The highest BCUT2D eigenvalue weighted by molar-refractivity contribution is 7.99. The Balaban J connectivity index is 1.82. The number of nitrogens with one attached hydrogen (secondary N) is 1. The summed E-state index contributed by atoms with van der Waals surface area (Å²) in [4.78, 5) is 29.7. The fraction of sp³-hybridized carbons (Fsp3) is 0.150. The zero-order valence-electron chi connectivity index (χ0n) is 15.1. The molecule has 1 heterocycles. The molecule has 1 aromatic heterocycles. The van der Waals surface area contributed by atoms with E-state index in [-0.39, 0.29) is 17.2 Å². The minimum absolute atomic E-state index is 0.0671. The van der Waals surface area contributed by atoms with E-state index >= 15 is 0 Å². The van der Waals surface area contributed by atoms with E-state index in [1.807, 2.05) is 6.07 Å². The number of allylic oxidation sites excluding steroid dienone is 1. The number of thioether (sulfide) groups is 1. The Kier molecular flexibility index (Phi) is 6.38. The first-order valence-corrected chi connectivity index (χ1v) is 9.76. The van der Waals surface area contributed by atoms with E-state index < -0.39 is 0 Å². The van der Waals surface area contributed by atoms with Crippen LogP contribution >= 0.6 is 23.4 Å². The Morgan fingerprint density at radius 1 is 1.36 bits per heavy atom. The van der Waals surface area contributed by atoms with Crippen LogP contribution in [-0.2, 0) is 11.3 Å². The summed E-state index contributed by atoms with van der Waals surface area (Å²) in [5, 5.41) is 4.24. The van der Waals surface area contributed by atoms with Crippen molar-refractivity contribution in [3.05, 3.63) is 70.5 Å². The molecule has 0 aliphatic heterocycles. The number of carbonyl (C=O) groups is 1. The number of fused-ring (bicyclic) bond motifs is 1. The Hall–Kier alpha value is -2.77. The second-order valence-corrected chi connectivity index (χ2v) is 7.18. The van der Waals surface area contributed by atoms with Gasteiger partial charge in [0.15, 0.2) is 5.16 Å². The minimum Gasteiger partial charge on any atom is -0.495 e. The first kappa shape index (κ1) is 20.0. The molecule has 3 aromatic rings. The summed E-state index contributed by atoms with van der Waals surface area (Å²) in [7, 11) is 1.51. The maximum Gasteiger partial charge on any atom is 0.262 e. The number of ether oxygens (including phenoxy) is 1. The Morgan fingerprint density at radius 2 is 2.14 bits per heavy atom. The van der Waals surface area contributed by atoms with E-state index in [1.54, 1.807) is 42.5 Å². The lowest BCUT2D eigenvalue weighted by molar-refractivity contribution is -0.113. The van der Waals surface area contributed by atoms with Gasteiger partial charge in [-0.1, -0.05) is 41.6 Å². The summed E-state index contributed by atoms with van der Waals surface area (Å²) in [6.45, 7) is 4.00. The summed E-state index contributed by atoms with van der Waals surface area (Å²) in [5.74, 6) is 0.311. The summed E-state index contributed by atoms with van der Waals surface area (Å²) in [6, 6.07) is 12.1. The predicted molar refractivity (Wildman–Crippen MR) is 114 cm³/mol. The number of anilines is 1. The zero-order chi connectivity index (χ0) is 20.1. The SMILES string of the molecule is C=CCn1c(SCC(=O)Nc2cc(Cl)ccc2OC)nc2ccccc2c1=O. The van der Waals surface area contributed by atoms with Crippen LogP contribution in [0.15, 0.2) is 65.1 Å². The van der Waals surface area contributed by atoms with E-state index in [0.29, 0.717) is 39.1 Å². The molecule has 0 unspecified atom stereocenters. The van der Waals surface area contributed by atoms with Crippen molar-refractivity contribution in [3.8, 4) is 5.75 Å². The van der Waals surface area contributed by atoms with Gasteiger partial charge < -0.3 is 10.1 Å². The van der Waals surface area contributed by atoms with E-state index in [9.17, 15) is 9.59 Å². The van der Waals surface area contributed by atoms with Crippen LogP contribution in [0.4, 0.5) is 5.69 Å². The summed E-state index contributed by atoms with van der Waals surface area (Å²) in [6.07, 6.45) is 1.62. The van der Waals surface area contributed by atoms with Gasteiger partial charge in [-0.3, -0.25) is 14.2 Å². The molecule has 0 fully saturated rings. The van der Waals surface area contributed by atoms with E-state index in [0.717, 1.165) is 0 Å². The van der Waals surface area contributed by atoms with Gasteiger partial charge in [-0.2, -0.15) is 0 Å². The Bertz CT molecular complexity index is 1100. The van der Waals surface area contributed by atoms with Crippen molar-refractivity contribution >= 4 is 45.9 Å². The van der Waals surface area contributed by atoms with Gasteiger partial charge in [0, 0.05) is 11.6 Å². The largest absolute Gasteiger partial charge is 0.495 e. The average Bonchev–Trinajstić information content (AvgIpc) is 2.69. The molecule has 2 aromatic carbocycles. The molecule has 144 valence electrons. The van der Waals surface area contributed by atoms with Crippen LogP contribution in [0.5, 0.6) is 5.75 Å². The van der Waals surface area contributed by atoms with Crippen molar-refractivity contribution in [1.82, 2.24) is 9.55 Å². The summed E-state index contributed by atoms with van der Waals surface area (Å²) >= 11 is 7.17. The summed E-state index contributed by atoms with van der Waals surface area (Å²) in [5.41, 5.74) is 0.910. The van der Waals surface area contributed by atoms with Gasteiger partial charge in [0.2, 0.25) is 5.91 Å². The molecule has 0 bridgehead atoms. The fourth-order valence-corrected chi connectivity index (χ4v) is 3.62. The van der Waals surface area contributed by atoms with Crippen molar-refractivity contribution in [2.75, 3.05) is 18.2 Å². The fourth-order valence-electron chi connectivity index (χ4n) is 2.64. The molecular formula is C20H18ClN3O3S. The molecule has 0 aliphatic carbocycles. The molecule has 1 N–H and O–H groups in total. The van der Waals surface area contributed by atoms with Crippen LogP contribution in [0.25, 0.3) is 10.9 Å². The lowest BCUT2D eigenvalue weighted by Gasteiger charge is -2.12. The zero-order valence-corrected chi connectivity index (χ0v) is 16.7. The standard InChI is InChI=1S/C20H18ClN3O3S/c1-3-10-24-19(26)14-6-4-5-7-15(14)23-20(24)28-12-18(25)22-16-11-13(21)8-9-17(16)27-2/h3-9,11H,1,10,12H2,2H3,(H,22,25). The molecule has 0 atom stereocenters. The smallest absolute Gasteiger partial charge is 0.262 e. The number of nitrogens with zero attached hydrogens (tertiary/aromatic N) is 2. The normalized spacial score (nSPS) is 10.6. The maximum atomic E-state index is 12.7. The van der Waals surface area contributed by atoms with Crippen molar-refractivity contribution in [2.24, 2.45) is 0 Å². The van der Waals surface area contributed by atoms with Crippen LogP contribution in [0.3, 0.4) is 0 Å². The number of methoxy groups -OCH3 is 1. The number of amides is 1. The molecule has 0 saturated carbocycles. The molecule has 0 aliphatic rings. The van der Waals surface area contributed by atoms with Crippen LogP contribution < -0.4 is 15.6 Å². The second-order valence-electron chi connectivity index (χ2n) is 5.80. The molecule has 1 amide bonds. The molecule has 0 radical (unpaired) electrons. The Morgan fingerprint density at radius 3 is 2.89 bits per heavy atom. The Labute approximate surface area is 171 Å². The number of carbonyl (C=O) groups excluding carboxylic acids is 1. The lowest BCUT2D eigenvalue weighted by atomic mass is 10.2. The first-order chi connectivity index (χ1) is 13.5. The van der Waals surface area contributed by atoms with Crippen molar-refractivity contribution < 1.29 is 9.53 Å². The topological polar surface area (TPSA) is 73.2 Å².